The zero-order valence-corrected chi connectivity index (χ0v) is 19.8. The molecule has 0 spiro atoms. The summed E-state index contributed by atoms with van der Waals surface area (Å²) in [5.41, 5.74) is 0.520. The lowest BCUT2D eigenvalue weighted by Gasteiger charge is -2.41. The molecule has 1 aromatic rings. The average molecular weight is 421 g/mol. The Kier molecular flexibility index (Phi) is 9.08. The van der Waals surface area contributed by atoms with Gasteiger partial charge in [-0.3, -0.25) is 0 Å². The Bertz CT molecular complexity index is 642. The predicted octanol–water partition coefficient (Wildman–Crippen LogP) is 4.41. The van der Waals surface area contributed by atoms with E-state index in [-0.39, 0.29) is 29.3 Å². The molecule has 5 atom stereocenters. The highest BCUT2D eigenvalue weighted by Gasteiger charge is 2.40. The van der Waals surface area contributed by atoms with Gasteiger partial charge in [0.1, 0.15) is 0 Å². The van der Waals surface area contributed by atoms with Gasteiger partial charge in [-0.2, -0.15) is 0 Å². The lowest BCUT2D eigenvalue weighted by molar-refractivity contribution is -0.270. The molecule has 0 bridgehead atoms. The van der Waals surface area contributed by atoms with Crippen LogP contribution in [0, 0.1) is 0 Å². The highest BCUT2D eigenvalue weighted by molar-refractivity contribution is 6.31. The minimum atomic E-state index is -0.750. The van der Waals surface area contributed by atoms with E-state index in [1.54, 1.807) is 12.1 Å². The van der Waals surface area contributed by atoms with Crippen LogP contribution in [0.1, 0.15) is 64.2 Å². The number of esters is 1. The maximum Gasteiger partial charge on any atom is 0.338 e. The third-order valence-corrected chi connectivity index (χ3v) is 6.24. The number of hydrogen-bond donors (Lipinski definition) is 0. The SMILES string of the molecule is C=CCC[C@@H](C)O[C@@H]1O[C@@H](C)[C@H](O[SiH2]C(C)(C)C)C[C@H]1OC(=O)c1ccccc1. The van der Waals surface area contributed by atoms with Crippen molar-refractivity contribution in [2.75, 3.05) is 0 Å². The van der Waals surface area contributed by atoms with E-state index in [9.17, 15) is 4.79 Å². The molecule has 0 amide bonds. The molecular formula is C23H36O5Si. The van der Waals surface area contributed by atoms with Crippen molar-refractivity contribution in [2.24, 2.45) is 0 Å². The Balaban J connectivity index is 2.09. The Morgan fingerprint density at radius 2 is 2.00 bits per heavy atom. The molecule has 0 unspecified atom stereocenters. The molecule has 0 saturated carbocycles. The van der Waals surface area contributed by atoms with E-state index in [0.29, 0.717) is 12.0 Å². The van der Waals surface area contributed by atoms with Crippen molar-refractivity contribution in [1.82, 2.24) is 0 Å². The molecule has 0 aliphatic carbocycles. The fraction of sp³-hybridized carbons (Fsp3) is 0.609. The standard InChI is InChI=1S/C23H36O5Si/c1-7-8-12-16(2)25-22-20(27-21(24)18-13-10-9-11-14-18)15-19(17(3)26-22)28-29-23(4,5)6/h7,9-11,13-14,16-17,19-20,22H,1,8,12,15,29H2,2-6H3/t16-,17+,19-,20-,22-/m1/s1. The van der Waals surface area contributed by atoms with Crippen LogP contribution in [0.2, 0.25) is 5.04 Å². The third-order valence-electron chi connectivity index (χ3n) is 4.78. The maximum atomic E-state index is 12.6. The van der Waals surface area contributed by atoms with E-state index in [1.807, 2.05) is 38.1 Å². The van der Waals surface area contributed by atoms with Crippen molar-refractivity contribution >= 4 is 15.7 Å². The van der Waals surface area contributed by atoms with Gasteiger partial charge in [0.15, 0.2) is 22.2 Å². The number of carbonyl (C=O) groups is 1. The topological polar surface area (TPSA) is 54.0 Å². The summed E-state index contributed by atoms with van der Waals surface area (Å²) in [6.07, 6.45) is 2.79. The summed E-state index contributed by atoms with van der Waals surface area (Å²) >= 11 is 0. The first-order valence-electron chi connectivity index (χ1n) is 10.5. The highest BCUT2D eigenvalue weighted by atomic mass is 28.2. The van der Waals surface area contributed by atoms with Crippen LogP contribution in [-0.4, -0.2) is 46.4 Å². The maximum absolute atomic E-state index is 12.6. The minimum absolute atomic E-state index is 0.0236. The van der Waals surface area contributed by atoms with Gasteiger partial charge < -0.3 is 18.6 Å². The van der Waals surface area contributed by atoms with Gasteiger partial charge in [0, 0.05) is 6.42 Å². The Morgan fingerprint density at radius 3 is 2.62 bits per heavy atom. The number of hydrogen-bond acceptors (Lipinski definition) is 5. The summed E-state index contributed by atoms with van der Waals surface area (Å²) in [5.74, 6) is -0.368. The molecule has 5 nitrogen and oxygen atoms in total. The summed E-state index contributed by atoms with van der Waals surface area (Å²) in [5, 5.41) is 0.183. The van der Waals surface area contributed by atoms with Gasteiger partial charge in [-0.15, -0.1) is 6.58 Å². The lowest BCUT2D eigenvalue weighted by Crippen LogP contribution is -2.51. The molecule has 0 aromatic heterocycles. The Morgan fingerprint density at radius 1 is 1.31 bits per heavy atom. The highest BCUT2D eigenvalue weighted by Crippen LogP contribution is 2.30. The van der Waals surface area contributed by atoms with E-state index in [4.69, 9.17) is 18.6 Å². The van der Waals surface area contributed by atoms with Crippen molar-refractivity contribution in [3.63, 3.8) is 0 Å². The monoisotopic (exact) mass is 420 g/mol. The normalized spacial score (nSPS) is 26.4. The average Bonchev–Trinajstić information content (AvgIpc) is 2.67. The molecule has 2 rings (SSSR count). The molecule has 1 heterocycles. The number of rotatable bonds is 9. The molecule has 6 heteroatoms. The summed E-state index contributed by atoms with van der Waals surface area (Å²) in [7, 11) is -0.750. The second kappa shape index (κ2) is 11.1. The van der Waals surface area contributed by atoms with E-state index in [1.165, 1.54) is 0 Å². The molecule has 0 radical (unpaired) electrons. The number of ether oxygens (including phenoxy) is 3. The van der Waals surface area contributed by atoms with Crippen molar-refractivity contribution in [3.05, 3.63) is 48.6 Å². The van der Waals surface area contributed by atoms with Crippen LogP contribution >= 0.6 is 0 Å². The zero-order chi connectivity index (χ0) is 21.4. The van der Waals surface area contributed by atoms with E-state index < -0.39 is 22.2 Å². The lowest BCUT2D eigenvalue weighted by atomic mass is 10.0. The van der Waals surface area contributed by atoms with Gasteiger partial charge >= 0.3 is 5.97 Å². The van der Waals surface area contributed by atoms with Crippen molar-refractivity contribution in [2.45, 2.75) is 89.6 Å². The predicted molar refractivity (Wildman–Crippen MR) is 118 cm³/mol. The van der Waals surface area contributed by atoms with Crippen LogP contribution in [0.4, 0.5) is 0 Å². The van der Waals surface area contributed by atoms with Crippen LogP contribution in [0.25, 0.3) is 0 Å². The Hall–Kier alpha value is -1.47. The molecule has 1 aromatic carbocycles. The van der Waals surface area contributed by atoms with Crippen molar-refractivity contribution in [1.29, 1.82) is 0 Å². The van der Waals surface area contributed by atoms with E-state index in [0.717, 1.165) is 12.8 Å². The number of benzene rings is 1. The molecule has 0 N–H and O–H groups in total. The second-order valence-electron chi connectivity index (χ2n) is 8.98. The van der Waals surface area contributed by atoms with Crippen LogP contribution in [0.15, 0.2) is 43.0 Å². The van der Waals surface area contributed by atoms with Crippen LogP contribution in [0.5, 0.6) is 0 Å². The molecule has 1 saturated heterocycles. The zero-order valence-electron chi connectivity index (χ0n) is 18.4. The fourth-order valence-electron chi connectivity index (χ4n) is 3.13. The van der Waals surface area contributed by atoms with E-state index >= 15 is 0 Å². The molecule has 162 valence electrons. The van der Waals surface area contributed by atoms with Crippen molar-refractivity contribution in [3.8, 4) is 0 Å². The second-order valence-corrected chi connectivity index (χ2v) is 11.7. The number of allylic oxidation sites excluding steroid dienone is 1. The molecule has 1 fully saturated rings. The van der Waals surface area contributed by atoms with Crippen LogP contribution < -0.4 is 0 Å². The smallest absolute Gasteiger partial charge is 0.338 e. The first-order chi connectivity index (χ1) is 13.7. The quantitative estimate of drug-likeness (QED) is 0.337. The molecular weight excluding hydrogens is 384 g/mol. The first kappa shape index (κ1) is 23.8. The first-order valence-corrected chi connectivity index (χ1v) is 11.8. The summed E-state index contributed by atoms with van der Waals surface area (Å²) in [6.45, 7) is 14.3. The largest absolute Gasteiger partial charge is 0.453 e. The van der Waals surface area contributed by atoms with Gasteiger partial charge in [0.05, 0.1) is 23.9 Å². The summed E-state index contributed by atoms with van der Waals surface area (Å²) in [6, 6.07) is 9.01. The Labute approximate surface area is 177 Å². The van der Waals surface area contributed by atoms with Crippen LogP contribution in [-0.2, 0) is 18.6 Å². The van der Waals surface area contributed by atoms with Gasteiger partial charge in [-0.05, 0) is 43.9 Å². The van der Waals surface area contributed by atoms with Crippen LogP contribution in [0.3, 0.4) is 0 Å². The third kappa shape index (κ3) is 8.05. The van der Waals surface area contributed by atoms with Gasteiger partial charge in [-0.25, -0.2) is 4.79 Å². The minimum Gasteiger partial charge on any atom is -0.453 e. The van der Waals surface area contributed by atoms with Gasteiger partial charge in [0.2, 0.25) is 0 Å². The summed E-state index contributed by atoms with van der Waals surface area (Å²) < 4.78 is 24.3. The van der Waals surface area contributed by atoms with Gasteiger partial charge in [0.25, 0.3) is 0 Å². The van der Waals surface area contributed by atoms with Crippen molar-refractivity contribution < 1.29 is 23.4 Å². The number of carbonyl (C=O) groups excluding carboxylic acids is 1. The molecule has 1 aliphatic rings. The van der Waals surface area contributed by atoms with Gasteiger partial charge in [-0.1, -0.05) is 45.0 Å². The fourth-order valence-corrected chi connectivity index (χ4v) is 4.25. The molecule has 1 aliphatic heterocycles. The molecule has 29 heavy (non-hydrogen) atoms. The summed E-state index contributed by atoms with van der Waals surface area (Å²) in [4.78, 5) is 12.6. The van der Waals surface area contributed by atoms with E-state index in [2.05, 4.69) is 27.4 Å².